The van der Waals surface area contributed by atoms with E-state index in [4.69, 9.17) is 25.8 Å². The standard InChI is InChI=1S/C47H55ClN9O8PS/c1-47(2)15-13-34(39(26-47)32-5-7-35(48)8-6-32)29-54-18-20-55(21-19-54)36-9-11-38(41(24-36)56-17-4-22-64-46-43(56)23-33-14-16-49-44(33)52-46)45(58)53-67(62,63)37-10-12-40(42(25-37)57(59)60)50-27-31-28-51-66(3,61)65-30-31/h5-12,14,16,23-25,31,50-51,61H,4,13,15,17-22,26-30H2,1-3H3,(H-,49,52,53,58)/p+1. The van der Waals surface area contributed by atoms with Gasteiger partial charge in [0.15, 0.2) is 0 Å². The average Bonchev–Trinajstić information content (AvgIpc) is 3.66. The van der Waals surface area contributed by atoms with Gasteiger partial charge in [0, 0.05) is 86.6 Å². The van der Waals surface area contributed by atoms with E-state index in [-0.39, 0.29) is 35.7 Å². The molecule has 2 atom stereocenters. The number of carbonyl (C=O) groups is 1. The highest BCUT2D eigenvalue weighted by molar-refractivity contribution is 7.90. The van der Waals surface area contributed by atoms with E-state index < -0.39 is 39.3 Å². The number of pyridine rings is 1. The molecule has 0 radical (unpaired) electrons. The van der Waals surface area contributed by atoms with Gasteiger partial charge in [-0.3, -0.25) is 19.8 Å². The lowest BCUT2D eigenvalue weighted by Gasteiger charge is -2.39. The Kier molecular flexibility index (Phi) is 13.3. The van der Waals surface area contributed by atoms with Gasteiger partial charge in [0.25, 0.3) is 21.6 Å². The first-order valence-corrected chi connectivity index (χ1v) is 26.5. The average molecular weight is 974 g/mol. The number of halogens is 1. The van der Waals surface area contributed by atoms with Crippen LogP contribution in [0.25, 0.3) is 16.6 Å². The number of sulfonamides is 1. The molecule has 3 aromatic carbocycles. The maximum absolute atomic E-state index is 14.4. The van der Waals surface area contributed by atoms with Gasteiger partial charge in [-0.25, -0.2) is 18.0 Å². The van der Waals surface area contributed by atoms with Crippen LogP contribution in [0.2, 0.25) is 5.02 Å². The molecule has 67 heavy (non-hydrogen) atoms. The van der Waals surface area contributed by atoms with Gasteiger partial charge in [0.2, 0.25) is 5.88 Å². The molecule has 2 aromatic heterocycles. The minimum absolute atomic E-state index is 0.0902. The number of carbonyl (C=O) groups excluding carboxylic acids is 1. The number of aromatic amines is 1. The van der Waals surface area contributed by atoms with Crippen LogP contribution in [0.3, 0.4) is 0 Å². The van der Waals surface area contributed by atoms with Crippen molar-refractivity contribution in [3.8, 4) is 5.88 Å². The largest absolute Gasteiger partial charge is 0.476 e. The number of nitrogens with zero attached hydrogens (tertiary/aromatic N) is 5. The molecule has 0 saturated carbocycles. The fraction of sp³-hybridized carbons (Fsp3) is 0.404. The zero-order chi connectivity index (χ0) is 47.1. The van der Waals surface area contributed by atoms with Gasteiger partial charge >= 0.3 is 7.87 Å². The van der Waals surface area contributed by atoms with E-state index in [0.717, 1.165) is 74.1 Å². The van der Waals surface area contributed by atoms with E-state index in [2.05, 4.69) is 55.9 Å². The van der Waals surface area contributed by atoms with Gasteiger partial charge < -0.3 is 24.8 Å². The van der Waals surface area contributed by atoms with Crippen molar-refractivity contribution in [2.75, 3.05) is 87.4 Å². The first kappa shape index (κ1) is 46.8. The second kappa shape index (κ2) is 19.0. The highest BCUT2D eigenvalue weighted by atomic mass is 35.5. The third-order valence-electron chi connectivity index (χ3n) is 13.1. The van der Waals surface area contributed by atoms with E-state index in [9.17, 15) is 28.2 Å². The van der Waals surface area contributed by atoms with E-state index in [1.54, 1.807) is 18.9 Å². The zero-order valence-corrected chi connectivity index (χ0v) is 40.2. The molecular formula is C47H56ClN9O8PS+. The van der Waals surface area contributed by atoms with Gasteiger partial charge in [-0.2, -0.15) is 9.51 Å². The van der Waals surface area contributed by atoms with Crippen LogP contribution in [-0.4, -0.2) is 111 Å². The van der Waals surface area contributed by atoms with Crippen LogP contribution in [0, 0.1) is 21.4 Å². The number of amides is 1. The van der Waals surface area contributed by atoms with E-state index >= 15 is 0 Å². The summed E-state index contributed by atoms with van der Waals surface area (Å²) in [5, 5.41) is 19.8. The number of hydrogen-bond donors (Lipinski definition) is 5. The minimum atomic E-state index is -4.62. The van der Waals surface area contributed by atoms with Gasteiger partial charge in [-0.05, 0) is 96.8 Å². The van der Waals surface area contributed by atoms with Crippen molar-refractivity contribution in [3.05, 3.63) is 111 Å². The lowest BCUT2D eigenvalue weighted by Crippen LogP contribution is -2.47. The van der Waals surface area contributed by atoms with Crippen LogP contribution in [0.1, 0.15) is 55.5 Å². The quantitative estimate of drug-likeness (QED) is 0.0457. The van der Waals surface area contributed by atoms with Gasteiger partial charge in [0.1, 0.15) is 30.3 Å². The molecule has 2 unspecified atom stereocenters. The second-order valence-corrected chi connectivity index (χ2v) is 23.1. The summed E-state index contributed by atoms with van der Waals surface area (Å²) in [5.41, 5.74) is 6.66. The molecule has 20 heteroatoms. The minimum Gasteiger partial charge on any atom is -0.476 e. The summed E-state index contributed by atoms with van der Waals surface area (Å²) >= 11 is 6.27. The molecule has 2 fully saturated rings. The Balaban J connectivity index is 0.975. The number of aromatic nitrogens is 2. The topological polar surface area (TPSA) is 208 Å². The molecule has 9 rings (SSSR count). The van der Waals surface area contributed by atoms with E-state index in [1.165, 1.54) is 28.8 Å². The number of nitrogens with one attached hydrogen (secondary N) is 4. The molecule has 354 valence electrons. The zero-order valence-electron chi connectivity index (χ0n) is 37.8. The summed E-state index contributed by atoms with van der Waals surface area (Å²) < 4.78 is 41.8. The van der Waals surface area contributed by atoms with Crippen molar-refractivity contribution in [1.29, 1.82) is 0 Å². The second-order valence-electron chi connectivity index (χ2n) is 18.6. The molecular weight excluding hydrogens is 917 g/mol. The fourth-order valence-corrected chi connectivity index (χ4v) is 11.6. The number of nitro benzene ring substituents is 1. The van der Waals surface area contributed by atoms with Crippen LogP contribution < -0.4 is 29.7 Å². The third kappa shape index (κ3) is 10.6. The summed E-state index contributed by atoms with van der Waals surface area (Å²) in [7, 11) is -7.24. The Morgan fingerprint density at radius 1 is 1.04 bits per heavy atom. The molecule has 17 nitrogen and oxygen atoms in total. The predicted molar refractivity (Wildman–Crippen MR) is 263 cm³/mol. The molecule has 1 aliphatic carbocycles. The van der Waals surface area contributed by atoms with Crippen molar-refractivity contribution in [3.63, 3.8) is 0 Å². The third-order valence-corrected chi connectivity index (χ3v) is 16.1. The number of hydrogen-bond acceptors (Lipinski definition) is 14. The lowest BCUT2D eigenvalue weighted by molar-refractivity contribution is -0.384. The molecule has 1 amide bonds. The van der Waals surface area contributed by atoms with Crippen molar-refractivity contribution >= 4 is 80.4 Å². The Morgan fingerprint density at radius 3 is 2.58 bits per heavy atom. The number of fused-ring (bicyclic) bond motifs is 2. The van der Waals surface area contributed by atoms with Crippen LogP contribution >= 0.6 is 19.5 Å². The summed E-state index contributed by atoms with van der Waals surface area (Å²) in [6.07, 6.45) is 5.56. The SMILES string of the molecule is CC1(C)CCC(CN2CCN(c3ccc(C(=O)NS(=O)(=O)c4ccc(NCC5CN[P+](C)(O)OC5)c([N+](=O)[O-])c4)c(N4CCCOc5nc6[nH]ccc6cc54)c3)CC2)=C(c2ccc(Cl)cc2)C1. The molecule has 3 aliphatic heterocycles. The highest BCUT2D eigenvalue weighted by Crippen LogP contribution is 2.49. The summed E-state index contributed by atoms with van der Waals surface area (Å²) in [6.45, 7) is 12.0. The van der Waals surface area contributed by atoms with Gasteiger partial charge in [-0.1, -0.05) is 43.2 Å². The molecule has 5 aromatic rings. The lowest BCUT2D eigenvalue weighted by atomic mass is 9.72. The van der Waals surface area contributed by atoms with Crippen LogP contribution in [0.4, 0.5) is 28.4 Å². The molecule has 5 heterocycles. The monoisotopic (exact) mass is 972 g/mol. The maximum Gasteiger partial charge on any atom is 0.339 e. The Labute approximate surface area is 395 Å². The Hall–Kier alpha value is -5.33. The van der Waals surface area contributed by atoms with Crippen LogP contribution in [0.5, 0.6) is 5.88 Å². The number of ether oxygens (including phenoxy) is 1. The first-order valence-electron chi connectivity index (χ1n) is 22.6. The number of nitro groups is 1. The first-order chi connectivity index (χ1) is 32.0. The van der Waals surface area contributed by atoms with Crippen molar-refractivity contribution in [1.82, 2.24) is 24.7 Å². The molecule has 5 N–H and O–H groups in total. The number of anilines is 4. The fourth-order valence-electron chi connectivity index (χ4n) is 9.30. The van der Waals surface area contributed by atoms with Crippen molar-refractivity contribution in [2.45, 2.75) is 44.4 Å². The molecule has 4 aliphatic rings. The number of rotatable bonds is 12. The highest BCUT2D eigenvalue weighted by Gasteiger charge is 2.38. The smallest absolute Gasteiger partial charge is 0.339 e. The summed E-state index contributed by atoms with van der Waals surface area (Å²) in [6, 6.07) is 20.9. The Bertz CT molecular complexity index is 2820. The molecule has 2 saturated heterocycles. The van der Waals surface area contributed by atoms with Gasteiger partial charge in [0.05, 0.1) is 27.7 Å². The molecule has 0 bridgehead atoms. The van der Waals surface area contributed by atoms with E-state index in [1.807, 2.05) is 41.3 Å². The van der Waals surface area contributed by atoms with Crippen LogP contribution in [-0.2, 0) is 14.5 Å². The van der Waals surface area contributed by atoms with Crippen molar-refractivity contribution < 1.29 is 32.3 Å². The normalized spacial score (nSPS) is 21.4. The van der Waals surface area contributed by atoms with Gasteiger partial charge in [-0.15, -0.1) is 5.09 Å². The number of piperazine rings is 1. The number of benzene rings is 3. The summed E-state index contributed by atoms with van der Waals surface area (Å²) in [4.78, 5) is 50.3. The predicted octanol–water partition coefficient (Wildman–Crippen LogP) is 7.98. The van der Waals surface area contributed by atoms with Crippen LogP contribution in [0.15, 0.2) is 89.5 Å². The number of allylic oxidation sites excluding steroid dienone is 1. The van der Waals surface area contributed by atoms with E-state index in [0.29, 0.717) is 49.0 Å². The number of H-pyrrole nitrogens is 1. The summed E-state index contributed by atoms with van der Waals surface area (Å²) in [5.74, 6) is -0.625. The van der Waals surface area contributed by atoms with Crippen molar-refractivity contribution in [2.24, 2.45) is 11.3 Å². The Morgan fingerprint density at radius 2 is 1.84 bits per heavy atom. The maximum atomic E-state index is 14.4. The molecule has 0 spiro atoms.